The average molecular weight is 401 g/mol. The highest BCUT2D eigenvalue weighted by Crippen LogP contribution is 2.31. The fourth-order valence-electron chi connectivity index (χ4n) is 2.29. The van der Waals surface area contributed by atoms with Crippen molar-refractivity contribution in [2.75, 3.05) is 17.7 Å². The van der Waals surface area contributed by atoms with E-state index < -0.39 is 0 Å². The average Bonchev–Trinajstić information content (AvgIpc) is 3.10. The molecule has 1 amide bonds. The van der Waals surface area contributed by atoms with Gasteiger partial charge in [0.05, 0.1) is 12.4 Å². The van der Waals surface area contributed by atoms with Gasteiger partial charge in [-0.15, -0.1) is 10.2 Å². The Hall–Kier alpha value is -2.58. The highest BCUT2D eigenvalue weighted by atomic mass is 32.2. The van der Waals surface area contributed by atoms with E-state index in [-0.39, 0.29) is 11.2 Å². The summed E-state index contributed by atoms with van der Waals surface area (Å²) in [6.45, 7) is 3.88. The van der Waals surface area contributed by atoms with Crippen LogP contribution in [0.4, 0.5) is 16.5 Å². The minimum absolute atomic E-state index is 0.100. The van der Waals surface area contributed by atoms with Crippen LogP contribution in [-0.4, -0.2) is 28.5 Å². The van der Waals surface area contributed by atoms with Crippen LogP contribution >= 0.6 is 23.1 Å². The van der Waals surface area contributed by atoms with Crippen LogP contribution in [-0.2, 0) is 4.79 Å². The number of carbonyl (C=O) groups is 1. The topological polar surface area (TPSA) is 76.1 Å². The summed E-state index contributed by atoms with van der Waals surface area (Å²) in [6, 6.07) is 15.3. The van der Waals surface area contributed by atoms with Crippen LogP contribution < -0.4 is 15.4 Å². The first kappa shape index (κ1) is 19.2. The first-order chi connectivity index (χ1) is 13.0. The van der Waals surface area contributed by atoms with Gasteiger partial charge < -0.3 is 15.4 Å². The molecule has 140 valence electrons. The molecule has 0 aliphatic heterocycles. The lowest BCUT2D eigenvalue weighted by Gasteiger charge is -2.11. The summed E-state index contributed by atoms with van der Waals surface area (Å²) in [6.07, 6.45) is 0. The van der Waals surface area contributed by atoms with Crippen LogP contribution in [0.25, 0.3) is 0 Å². The maximum absolute atomic E-state index is 12.4. The molecule has 0 saturated carbocycles. The number of anilines is 3. The Labute approximate surface area is 166 Å². The Morgan fingerprint density at radius 1 is 1.19 bits per heavy atom. The SMILES string of the molecule is COc1cccc(NC(=O)[C@H](C)Sc2nnc(Nc3ccccc3C)s2)c1. The van der Waals surface area contributed by atoms with Gasteiger partial charge in [0.25, 0.3) is 0 Å². The third-order valence-electron chi connectivity index (χ3n) is 3.78. The van der Waals surface area contributed by atoms with E-state index in [1.807, 2.05) is 56.3 Å². The zero-order chi connectivity index (χ0) is 19.2. The molecule has 0 aliphatic carbocycles. The number of benzene rings is 2. The summed E-state index contributed by atoms with van der Waals surface area (Å²) in [5, 5.41) is 14.9. The number of amides is 1. The molecule has 2 N–H and O–H groups in total. The summed E-state index contributed by atoms with van der Waals surface area (Å²) in [5.74, 6) is 0.598. The standard InChI is InChI=1S/C19H20N4O2S2/c1-12-7-4-5-10-16(12)21-18-22-23-19(27-18)26-13(2)17(24)20-14-8-6-9-15(11-14)25-3/h4-11,13H,1-3H3,(H,20,24)(H,21,22)/t13-/m0/s1. The molecule has 8 heteroatoms. The van der Waals surface area contributed by atoms with Crippen LogP contribution in [0, 0.1) is 6.92 Å². The fourth-order valence-corrected chi connectivity index (χ4v) is 4.19. The van der Waals surface area contributed by atoms with E-state index in [0.29, 0.717) is 16.6 Å². The highest BCUT2D eigenvalue weighted by Gasteiger charge is 2.17. The van der Waals surface area contributed by atoms with Crippen molar-refractivity contribution in [1.29, 1.82) is 0 Å². The van der Waals surface area contributed by atoms with E-state index in [4.69, 9.17) is 4.74 Å². The maximum atomic E-state index is 12.4. The Morgan fingerprint density at radius 3 is 2.78 bits per heavy atom. The Kier molecular flexibility index (Phi) is 6.31. The minimum atomic E-state index is -0.310. The largest absolute Gasteiger partial charge is 0.497 e. The number of nitrogens with one attached hydrogen (secondary N) is 2. The van der Waals surface area contributed by atoms with E-state index in [1.165, 1.54) is 23.1 Å². The normalized spacial score (nSPS) is 11.7. The Balaban J connectivity index is 1.59. The molecule has 3 rings (SSSR count). The summed E-state index contributed by atoms with van der Waals surface area (Å²) in [7, 11) is 1.59. The molecule has 1 heterocycles. The summed E-state index contributed by atoms with van der Waals surface area (Å²) in [5.41, 5.74) is 2.83. The number of aryl methyl sites for hydroxylation is 1. The monoisotopic (exact) mass is 400 g/mol. The van der Waals surface area contributed by atoms with Crippen molar-refractivity contribution in [2.24, 2.45) is 0 Å². The molecular weight excluding hydrogens is 380 g/mol. The van der Waals surface area contributed by atoms with Gasteiger partial charge in [-0.05, 0) is 37.6 Å². The first-order valence-corrected chi connectivity index (χ1v) is 10.0. The lowest BCUT2D eigenvalue weighted by atomic mass is 10.2. The molecular formula is C19H20N4O2S2. The van der Waals surface area contributed by atoms with Crippen LogP contribution in [0.2, 0.25) is 0 Å². The van der Waals surface area contributed by atoms with Crippen molar-refractivity contribution in [3.05, 3.63) is 54.1 Å². The molecule has 0 fully saturated rings. The van der Waals surface area contributed by atoms with Crippen molar-refractivity contribution >= 4 is 45.5 Å². The van der Waals surface area contributed by atoms with Crippen LogP contribution in [0.3, 0.4) is 0 Å². The molecule has 0 bridgehead atoms. The van der Waals surface area contributed by atoms with E-state index in [2.05, 4.69) is 20.8 Å². The van der Waals surface area contributed by atoms with Crippen molar-refractivity contribution in [3.8, 4) is 5.75 Å². The zero-order valence-electron chi connectivity index (χ0n) is 15.2. The smallest absolute Gasteiger partial charge is 0.237 e. The molecule has 6 nitrogen and oxygen atoms in total. The Bertz CT molecular complexity index is 929. The molecule has 1 atom stereocenters. The molecule has 3 aromatic rings. The molecule has 2 aromatic carbocycles. The van der Waals surface area contributed by atoms with Crippen LogP contribution in [0.5, 0.6) is 5.75 Å². The molecule has 0 spiro atoms. The molecule has 0 aliphatic rings. The van der Waals surface area contributed by atoms with Gasteiger partial charge in [-0.3, -0.25) is 4.79 Å². The minimum Gasteiger partial charge on any atom is -0.497 e. The van der Waals surface area contributed by atoms with Gasteiger partial charge >= 0.3 is 0 Å². The van der Waals surface area contributed by atoms with Gasteiger partial charge in [-0.2, -0.15) is 0 Å². The molecule has 0 radical (unpaired) electrons. The molecule has 1 aromatic heterocycles. The van der Waals surface area contributed by atoms with Gasteiger partial charge in [-0.1, -0.05) is 47.4 Å². The van der Waals surface area contributed by atoms with Crippen LogP contribution in [0.15, 0.2) is 52.9 Å². The number of hydrogen-bond acceptors (Lipinski definition) is 7. The van der Waals surface area contributed by atoms with Gasteiger partial charge in [0.15, 0.2) is 4.34 Å². The number of para-hydroxylation sites is 1. The van der Waals surface area contributed by atoms with E-state index >= 15 is 0 Å². The van der Waals surface area contributed by atoms with Crippen molar-refractivity contribution in [3.63, 3.8) is 0 Å². The Morgan fingerprint density at radius 2 is 2.00 bits per heavy atom. The van der Waals surface area contributed by atoms with E-state index in [1.54, 1.807) is 13.2 Å². The second kappa shape index (κ2) is 8.88. The number of hydrogen-bond donors (Lipinski definition) is 2. The van der Waals surface area contributed by atoms with Crippen molar-refractivity contribution in [2.45, 2.75) is 23.4 Å². The lowest BCUT2D eigenvalue weighted by molar-refractivity contribution is -0.115. The predicted octanol–water partition coefficient (Wildman–Crippen LogP) is 4.72. The third-order valence-corrected chi connectivity index (χ3v) is 5.80. The van der Waals surface area contributed by atoms with Crippen LogP contribution in [0.1, 0.15) is 12.5 Å². The second-order valence-electron chi connectivity index (χ2n) is 5.79. The maximum Gasteiger partial charge on any atom is 0.237 e. The molecule has 27 heavy (non-hydrogen) atoms. The zero-order valence-corrected chi connectivity index (χ0v) is 16.9. The van der Waals surface area contributed by atoms with Gasteiger partial charge in [0, 0.05) is 17.4 Å². The van der Waals surface area contributed by atoms with Crippen molar-refractivity contribution in [1.82, 2.24) is 10.2 Å². The molecule has 0 unspecified atom stereocenters. The van der Waals surface area contributed by atoms with Gasteiger partial charge in [-0.25, -0.2) is 0 Å². The van der Waals surface area contributed by atoms with Gasteiger partial charge in [0.1, 0.15) is 5.75 Å². The number of rotatable bonds is 7. The first-order valence-electron chi connectivity index (χ1n) is 8.33. The number of methoxy groups -OCH3 is 1. The summed E-state index contributed by atoms with van der Waals surface area (Å²) in [4.78, 5) is 12.4. The number of thioether (sulfide) groups is 1. The quantitative estimate of drug-likeness (QED) is 0.559. The lowest BCUT2D eigenvalue weighted by Crippen LogP contribution is -2.22. The number of carbonyl (C=O) groups excluding carboxylic acids is 1. The fraction of sp³-hybridized carbons (Fsp3) is 0.211. The van der Waals surface area contributed by atoms with Gasteiger partial charge in [0.2, 0.25) is 11.0 Å². The summed E-state index contributed by atoms with van der Waals surface area (Å²) >= 11 is 2.80. The summed E-state index contributed by atoms with van der Waals surface area (Å²) < 4.78 is 5.91. The van der Waals surface area contributed by atoms with E-state index in [0.717, 1.165) is 15.6 Å². The van der Waals surface area contributed by atoms with Crippen molar-refractivity contribution < 1.29 is 9.53 Å². The second-order valence-corrected chi connectivity index (χ2v) is 8.36. The highest BCUT2D eigenvalue weighted by molar-refractivity contribution is 8.02. The predicted molar refractivity (Wildman–Crippen MR) is 111 cm³/mol. The van der Waals surface area contributed by atoms with E-state index in [9.17, 15) is 4.79 Å². The molecule has 0 saturated heterocycles. The number of nitrogens with zero attached hydrogens (tertiary/aromatic N) is 2. The number of aromatic nitrogens is 2. The third kappa shape index (κ3) is 5.21. The number of ether oxygens (including phenoxy) is 1.